The Morgan fingerprint density at radius 3 is 2.77 bits per heavy atom. The van der Waals surface area contributed by atoms with E-state index in [-0.39, 0.29) is 6.10 Å². The Hall–Kier alpha value is -0.720. The third-order valence-corrected chi connectivity index (χ3v) is 3.01. The van der Waals surface area contributed by atoms with E-state index in [9.17, 15) is 0 Å². The summed E-state index contributed by atoms with van der Waals surface area (Å²) in [5, 5.41) is 0. The van der Waals surface area contributed by atoms with Crippen LogP contribution in [0.3, 0.4) is 0 Å². The summed E-state index contributed by atoms with van der Waals surface area (Å²) in [4.78, 5) is 0. The molecule has 1 fully saturated rings. The Balaban J connectivity index is 2.52. The standard InChI is InChI=1S/C12H20O/c1-5-13-12-8-11(9(2)3)7-6-10(12)4/h5,9,11-12H,1,4,6-8H2,2-3H3/t11-,12?/m1/s1. The summed E-state index contributed by atoms with van der Waals surface area (Å²) < 4.78 is 5.44. The van der Waals surface area contributed by atoms with Crippen LogP contribution in [-0.2, 0) is 4.74 Å². The zero-order valence-corrected chi connectivity index (χ0v) is 8.75. The topological polar surface area (TPSA) is 9.23 Å². The first-order valence-corrected chi connectivity index (χ1v) is 5.09. The maximum absolute atomic E-state index is 5.44. The highest BCUT2D eigenvalue weighted by atomic mass is 16.5. The Morgan fingerprint density at radius 2 is 2.23 bits per heavy atom. The van der Waals surface area contributed by atoms with Crippen LogP contribution in [0.15, 0.2) is 25.0 Å². The molecular weight excluding hydrogens is 160 g/mol. The second-order valence-corrected chi connectivity index (χ2v) is 4.23. The van der Waals surface area contributed by atoms with Crippen molar-refractivity contribution in [2.24, 2.45) is 11.8 Å². The van der Waals surface area contributed by atoms with Gasteiger partial charge in [0, 0.05) is 0 Å². The van der Waals surface area contributed by atoms with Gasteiger partial charge in [0.1, 0.15) is 6.10 Å². The quantitative estimate of drug-likeness (QED) is 0.477. The van der Waals surface area contributed by atoms with E-state index in [1.54, 1.807) is 6.26 Å². The predicted octanol–water partition coefficient (Wildman–Crippen LogP) is 3.53. The molecule has 1 rings (SSSR count). The first-order chi connectivity index (χ1) is 6.15. The van der Waals surface area contributed by atoms with Gasteiger partial charge in [0.25, 0.3) is 0 Å². The zero-order chi connectivity index (χ0) is 9.84. The zero-order valence-electron chi connectivity index (χ0n) is 8.75. The fraction of sp³-hybridized carbons (Fsp3) is 0.667. The SMILES string of the molecule is C=COC1C[C@H](C(C)C)CCC1=C. The van der Waals surface area contributed by atoms with Crippen molar-refractivity contribution in [1.29, 1.82) is 0 Å². The van der Waals surface area contributed by atoms with Crippen molar-refractivity contribution in [3.05, 3.63) is 25.0 Å². The molecule has 0 radical (unpaired) electrons. The smallest absolute Gasteiger partial charge is 0.119 e. The summed E-state index contributed by atoms with van der Waals surface area (Å²) in [6, 6.07) is 0. The van der Waals surface area contributed by atoms with E-state index in [4.69, 9.17) is 4.74 Å². The highest BCUT2D eigenvalue weighted by molar-refractivity contribution is 5.07. The molecule has 1 aliphatic carbocycles. The second-order valence-electron chi connectivity index (χ2n) is 4.23. The van der Waals surface area contributed by atoms with Crippen LogP contribution in [-0.4, -0.2) is 6.10 Å². The summed E-state index contributed by atoms with van der Waals surface area (Å²) >= 11 is 0. The molecule has 2 atom stereocenters. The van der Waals surface area contributed by atoms with Crippen LogP contribution in [0.2, 0.25) is 0 Å². The van der Waals surface area contributed by atoms with Crippen molar-refractivity contribution in [3.63, 3.8) is 0 Å². The monoisotopic (exact) mass is 180 g/mol. The van der Waals surface area contributed by atoms with E-state index in [0.717, 1.165) is 24.7 Å². The molecule has 0 aliphatic heterocycles. The summed E-state index contributed by atoms with van der Waals surface area (Å²) in [7, 11) is 0. The molecule has 0 spiro atoms. The number of hydrogen-bond donors (Lipinski definition) is 0. The molecule has 1 heteroatoms. The Morgan fingerprint density at radius 1 is 1.54 bits per heavy atom. The Bertz CT molecular complexity index is 193. The normalized spacial score (nSPS) is 29.0. The average Bonchev–Trinajstić information content (AvgIpc) is 2.08. The van der Waals surface area contributed by atoms with Crippen molar-refractivity contribution in [2.75, 3.05) is 0 Å². The van der Waals surface area contributed by atoms with Gasteiger partial charge in [0.05, 0.1) is 6.26 Å². The van der Waals surface area contributed by atoms with Crippen molar-refractivity contribution in [1.82, 2.24) is 0 Å². The number of hydrogen-bond acceptors (Lipinski definition) is 1. The van der Waals surface area contributed by atoms with E-state index >= 15 is 0 Å². The molecule has 1 saturated carbocycles. The molecule has 0 amide bonds. The highest BCUT2D eigenvalue weighted by Gasteiger charge is 2.26. The van der Waals surface area contributed by atoms with Gasteiger partial charge in [0.15, 0.2) is 0 Å². The van der Waals surface area contributed by atoms with Crippen molar-refractivity contribution < 1.29 is 4.74 Å². The lowest BCUT2D eigenvalue weighted by Gasteiger charge is -2.32. The van der Waals surface area contributed by atoms with Crippen LogP contribution in [0.4, 0.5) is 0 Å². The van der Waals surface area contributed by atoms with Crippen molar-refractivity contribution >= 4 is 0 Å². The Labute approximate surface area is 81.5 Å². The molecular formula is C12H20O. The van der Waals surface area contributed by atoms with Gasteiger partial charge in [-0.25, -0.2) is 0 Å². The molecule has 74 valence electrons. The summed E-state index contributed by atoms with van der Waals surface area (Å²) in [5.41, 5.74) is 1.23. The summed E-state index contributed by atoms with van der Waals surface area (Å²) in [6.45, 7) is 12.2. The van der Waals surface area contributed by atoms with Gasteiger partial charge >= 0.3 is 0 Å². The van der Waals surface area contributed by atoms with E-state index in [1.165, 1.54) is 12.0 Å². The van der Waals surface area contributed by atoms with Gasteiger partial charge in [-0.3, -0.25) is 0 Å². The molecule has 0 N–H and O–H groups in total. The van der Waals surface area contributed by atoms with Crippen LogP contribution in [0, 0.1) is 11.8 Å². The van der Waals surface area contributed by atoms with Gasteiger partial charge in [-0.2, -0.15) is 0 Å². The molecule has 0 saturated heterocycles. The lowest BCUT2D eigenvalue weighted by molar-refractivity contribution is 0.110. The summed E-state index contributed by atoms with van der Waals surface area (Å²) in [5.74, 6) is 1.54. The van der Waals surface area contributed by atoms with Gasteiger partial charge in [-0.05, 0) is 36.7 Å². The van der Waals surface area contributed by atoms with E-state index in [1.807, 2.05) is 0 Å². The van der Waals surface area contributed by atoms with Gasteiger partial charge < -0.3 is 4.74 Å². The molecule has 1 unspecified atom stereocenters. The molecule has 0 bridgehead atoms. The van der Waals surface area contributed by atoms with Crippen LogP contribution in [0.5, 0.6) is 0 Å². The first kappa shape index (κ1) is 10.4. The van der Waals surface area contributed by atoms with Crippen LogP contribution in [0.25, 0.3) is 0 Å². The molecule has 0 aromatic carbocycles. The van der Waals surface area contributed by atoms with Gasteiger partial charge in [-0.1, -0.05) is 27.0 Å². The predicted molar refractivity (Wildman–Crippen MR) is 56.4 cm³/mol. The third-order valence-electron chi connectivity index (χ3n) is 3.01. The van der Waals surface area contributed by atoms with Gasteiger partial charge in [-0.15, -0.1) is 0 Å². The third kappa shape index (κ3) is 2.61. The minimum Gasteiger partial charge on any atom is -0.494 e. The molecule has 0 heterocycles. The molecule has 1 nitrogen and oxygen atoms in total. The van der Waals surface area contributed by atoms with E-state index in [2.05, 4.69) is 27.0 Å². The largest absolute Gasteiger partial charge is 0.494 e. The fourth-order valence-electron chi connectivity index (χ4n) is 1.96. The first-order valence-electron chi connectivity index (χ1n) is 5.09. The lowest BCUT2D eigenvalue weighted by Crippen LogP contribution is -2.26. The summed E-state index contributed by atoms with van der Waals surface area (Å²) in [6.07, 6.45) is 5.26. The maximum Gasteiger partial charge on any atom is 0.119 e. The van der Waals surface area contributed by atoms with Crippen molar-refractivity contribution in [3.8, 4) is 0 Å². The maximum atomic E-state index is 5.44. The minimum absolute atomic E-state index is 0.221. The number of ether oxygens (including phenoxy) is 1. The lowest BCUT2D eigenvalue weighted by atomic mass is 9.78. The van der Waals surface area contributed by atoms with Crippen LogP contribution >= 0.6 is 0 Å². The Kier molecular flexibility index (Phi) is 3.58. The molecule has 0 aromatic heterocycles. The number of rotatable bonds is 3. The molecule has 1 aliphatic rings. The van der Waals surface area contributed by atoms with Gasteiger partial charge in [0.2, 0.25) is 0 Å². The second kappa shape index (κ2) is 4.50. The van der Waals surface area contributed by atoms with Crippen LogP contribution < -0.4 is 0 Å². The van der Waals surface area contributed by atoms with E-state index < -0.39 is 0 Å². The minimum atomic E-state index is 0.221. The molecule has 13 heavy (non-hydrogen) atoms. The van der Waals surface area contributed by atoms with Crippen molar-refractivity contribution in [2.45, 2.75) is 39.2 Å². The van der Waals surface area contributed by atoms with Crippen LogP contribution in [0.1, 0.15) is 33.1 Å². The highest BCUT2D eigenvalue weighted by Crippen LogP contribution is 2.33. The van der Waals surface area contributed by atoms with E-state index in [0.29, 0.717) is 0 Å². The molecule has 0 aromatic rings. The average molecular weight is 180 g/mol. The fourth-order valence-corrected chi connectivity index (χ4v) is 1.96.